The van der Waals surface area contributed by atoms with Crippen molar-refractivity contribution in [2.24, 2.45) is 0 Å². The highest BCUT2D eigenvalue weighted by atomic mass is 16.5. The van der Waals surface area contributed by atoms with Crippen LogP contribution in [0, 0.1) is 13.8 Å². The van der Waals surface area contributed by atoms with Gasteiger partial charge in [-0.2, -0.15) is 0 Å². The van der Waals surface area contributed by atoms with Gasteiger partial charge in [-0.1, -0.05) is 12.1 Å². The molecule has 4 heteroatoms. The second-order valence-electron chi connectivity index (χ2n) is 5.57. The highest BCUT2D eigenvalue weighted by Gasteiger charge is 2.21. The van der Waals surface area contributed by atoms with Crippen molar-refractivity contribution in [3.63, 3.8) is 0 Å². The highest BCUT2D eigenvalue weighted by Crippen LogP contribution is 2.23. The van der Waals surface area contributed by atoms with E-state index in [-0.39, 0.29) is 12.5 Å². The number of carboxylic acid groups (broad SMARTS) is 1. The molecule has 1 aromatic rings. The third-order valence-electron chi connectivity index (χ3n) is 3.81. The standard InChI is InChI=1S/C16H23NO3/c1-12-3-4-13(2)15(11-12)20-14-5-8-17(9-6-14)10-7-16(18)19/h3-4,11,14H,5-10H2,1-2H3,(H,18,19). The fourth-order valence-electron chi connectivity index (χ4n) is 2.52. The zero-order chi connectivity index (χ0) is 14.5. The Hall–Kier alpha value is -1.55. The van der Waals surface area contributed by atoms with E-state index in [4.69, 9.17) is 9.84 Å². The summed E-state index contributed by atoms with van der Waals surface area (Å²) >= 11 is 0. The van der Waals surface area contributed by atoms with E-state index >= 15 is 0 Å². The Balaban J connectivity index is 1.82. The van der Waals surface area contributed by atoms with Crippen molar-refractivity contribution < 1.29 is 14.6 Å². The highest BCUT2D eigenvalue weighted by molar-refractivity contribution is 5.66. The lowest BCUT2D eigenvalue weighted by Gasteiger charge is -2.32. The molecule has 1 aromatic carbocycles. The number of nitrogens with zero attached hydrogens (tertiary/aromatic N) is 1. The predicted octanol–water partition coefficient (Wildman–Crippen LogP) is 2.62. The van der Waals surface area contributed by atoms with E-state index in [1.807, 2.05) is 0 Å². The van der Waals surface area contributed by atoms with Crippen LogP contribution in [0.15, 0.2) is 18.2 Å². The van der Waals surface area contributed by atoms with Crippen LogP contribution in [-0.4, -0.2) is 41.7 Å². The normalized spacial score (nSPS) is 17.1. The second kappa shape index (κ2) is 6.75. The van der Waals surface area contributed by atoms with Crippen LogP contribution in [0.25, 0.3) is 0 Å². The molecule has 0 radical (unpaired) electrons. The van der Waals surface area contributed by atoms with Crippen LogP contribution in [0.4, 0.5) is 0 Å². The van der Waals surface area contributed by atoms with Gasteiger partial charge in [-0.25, -0.2) is 0 Å². The summed E-state index contributed by atoms with van der Waals surface area (Å²) in [5, 5.41) is 8.70. The molecule has 1 aliphatic heterocycles. The van der Waals surface area contributed by atoms with Gasteiger partial charge in [0.2, 0.25) is 0 Å². The number of ether oxygens (including phenoxy) is 1. The van der Waals surface area contributed by atoms with Crippen molar-refractivity contribution in [3.05, 3.63) is 29.3 Å². The van der Waals surface area contributed by atoms with E-state index in [9.17, 15) is 4.79 Å². The number of rotatable bonds is 5. The average Bonchev–Trinajstić information content (AvgIpc) is 2.42. The summed E-state index contributed by atoms with van der Waals surface area (Å²) in [6.45, 7) is 6.62. The predicted molar refractivity (Wildman–Crippen MR) is 78.3 cm³/mol. The number of carboxylic acids is 1. The maximum absolute atomic E-state index is 10.6. The van der Waals surface area contributed by atoms with Crippen LogP contribution in [-0.2, 0) is 4.79 Å². The molecular formula is C16H23NO3. The molecule has 0 amide bonds. The zero-order valence-electron chi connectivity index (χ0n) is 12.3. The lowest BCUT2D eigenvalue weighted by molar-refractivity contribution is -0.137. The molecule has 110 valence electrons. The van der Waals surface area contributed by atoms with E-state index in [1.54, 1.807) is 0 Å². The van der Waals surface area contributed by atoms with Crippen molar-refractivity contribution in [2.75, 3.05) is 19.6 Å². The number of benzene rings is 1. The third-order valence-corrected chi connectivity index (χ3v) is 3.81. The fourth-order valence-corrected chi connectivity index (χ4v) is 2.52. The van der Waals surface area contributed by atoms with E-state index in [0.717, 1.165) is 31.7 Å². The van der Waals surface area contributed by atoms with E-state index in [1.165, 1.54) is 11.1 Å². The van der Waals surface area contributed by atoms with Crippen LogP contribution >= 0.6 is 0 Å². The molecule has 1 aliphatic rings. The number of hydrogen-bond donors (Lipinski definition) is 1. The largest absolute Gasteiger partial charge is 0.490 e. The van der Waals surface area contributed by atoms with Crippen LogP contribution in [0.1, 0.15) is 30.4 Å². The van der Waals surface area contributed by atoms with Crippen molar-refractivity contribution in [1.29, 1.82) is 0 Å². The summed E-state index contributed by atoms with van der Waals surface area (Å²) in [7, 11) is 0. The van der Waals surface area contributed by atoms with Crippen molar-refractivity contribution >= 4 is 5.97 Å². The van der Waals surface area contributed by atoms with Crippen LogP contribution < -0.4 is 4.74 Å². The van der Waals surface area contributed by atoms with Gasteiger partial charge in [0.05, 0.1) is 6.42 Å². The number of aryl methyl sites for hydroxylation is 2. The van der Waals surface area contributed by atoms with E-state index in [2.05, 4.69) is 36.9 Å². The lowest BCUT2D eigenvalue weighted by Crippen LogP contribution is -2.39. The molecule has 0 unspecified atom stereocenters. The van der Waals surface area contributed by atoms with Gasteiger partial charge in [-0.15, -0.1) is 0 Å². The Labute approximate surface area is 120 Å². The molecule has 1 heterocycles. The van der Waals surface area contributed by atoms with Crippen molar-refractivity contribution in [1.82, 2.24) is 4.90 Å². The smallest absolute Gasteiger partial charge is 0.304 e. The second-order valence-corrected chi connectivity index (χ2v) is 5.57. The van der Waals surface area contributed by atoms with Gasteiger partial charge >= 0.3 is 5.97 Å². The molecule has 1 N–H and O–H groups in total. The summed E-state index contributed by atoms with van der Waals surface area (Å²) in [5.74, 6) is 0.257. The molecule has 0 aromatic heterocycles. The topological polar surface area (TPSA) is 49.8 Å². The van der Waals surface area contributed by atoms with Crippen molar-refractivity contribution in [2.45, 2.75) is 39.2 Å². The lowest BCUT2D eigenvalue weighted by atomic mass is 10.1. The first kappa shape index (κ1) is 14.9. The zero-order valence-corrected chi connectivity index (χ0v) is 12.3. The molecule has 1 fully saturated rings. The third kappa shape index (κ3) is 4.23. The van der Waals surface area contributed by atoms with Crippen LogP contribution in [0.2, 0.25) is 0 Å². The Morgan fingerprint density at radius 3 is 2.70 bits per heavy atom. The first-order chi connectivity index (χ1) is 9.54. The van der Waals surface area contributed by atoms with Gasteiger partial charge < -0.3 is 14.7 Å². The summed E-state index contributed by atoms with van der Waals surface area (Å²) in [6.07, 6.45) is 2.40. The minimum atomic E-state index is -0.723. The average molecular weight is 277 g/mol. The first-order valence-corrected chi connectivity index (χ1v) is 7.22. The molecule has 0 spiro atoms. The fraction of sp³-hybridized carbons (Fsp3) is 0.562. The van der Waals surface area contributed by atoms with Gasteiger partial charge in [0.25, 0.3) is 0 Å². The Kier molecular flexibility index (Phi) is 5.01. The molecule has 1 saturated heterocycles. The summed E-state index contributed by atoms with van der Waals surface area (Å²) in [6, 6.07) is 6.27. The maximum Gasteiger partial charge on any atom is 0.304 e. The quantitative estimate of drug-likeness (QED) is 0.899. The van der Waals surface area contributed by atoms with Crippen LogP contribution in [0.3, 0.4) is 0 Å². The number of likely N-dealkylation sites (tertiary alicyclic amines) is 1. The SMILES string of the molecule is Cc1ccc(C)c(OC2CCN(CCC(=O)O)CC2)c1. The number of piperidine rings is 1. The summed E-state index contributed by atoms with van der Waals surface area (Å²) in [5.41, 5.74) is 2.38. The summed E-state index contributed by atoms with van der Waals surface area (Å²) in [4.78, 5) is 12.8. The Morgan fingerprint density at radius 2 is 2.05 bits per heavy atom. The minimum absolute atomic E-state index is 0.225. The first-order valence-electron chi connectivity index (χ1n) is 7.22. The Morgan fingerprint density at radius 1 is 1.35 bits per heavy atom. The van der Waals surface area contributed by atoms with Gasteiger partial charge in [0.15, 0.2) is 0 Å². The van der Waals surface area contributed by atoms with E-state index in [0.29, 0.717) is 6.54 Å². The van der Waals surface area contributed by atoms with Gasteiger partial charge in [-0.05, 0) is 43.9 Å². The van der Waals surface area contributed by atoms with E-state index < -0.39 is 5.97 Å². The van der Waals surface area contributed by atoms with Gasteiger partial charge in [-0.3, -0.25) is 4.79 Å². The van der Waals surface area contributed by atoms with Gasteiger partial charge in [0.1, 0.15) is 11.9 Å². The maximum atomic E-state index is 10.6. The number of hydrogen-bond acceptors (Lipinski definition) is 3. The molecule has 2 rings (SSSR count). The number of carbonyl (C=O) groups is 1. The molecular weight excluding hydrogens is 254 g/mol. The van der Waals surface area contributed by atoms with Crippen molar-refractivity contribution in [3.8, 4) is 5.75 Å². The minimum Gasteiger partial charge on any atom is -0.490 e. The Bertz CT molecular complexity index is 465. The molecule has 0 aliphatic carbocycles. The van der Waals surface area contributed by atoms with Crippen LogP contribution in [0.5, 0.6) is 5.75 Å². The number of aliphatic carboxylic acids is 1. The summed E-state index contributed by atoms with van der Waals surface area (Å²) < 4.78 is 6.10. The molecule has 0 bridgehead atoms. The molecule has 0 atom stereocenters. The van der Waals surface area contributed by atoms with Gasteiger partial charge in [0, 0.05) is 19.6 Å². The molecule has 4 nitrogen and oxygen atoms in total. The molecule has 0 saturated carbocycles. The molecule has 20 heavy (non-hydrogen) atoms. The monoisotopic (exact) mass is 277 g/mol.